The number of sulfonamides is 1. The maximum Gasteiger partial charge on any atom is 0.295 e. The molecule has 12 heteroatoms. The van der Waals surface area contributed by atoms with Crippen molar-refractivity contribution in [3.63, 3.8) is 0 Å². The third-order valence-corrected chi connectivity index (χ3v) is 5.33. The van der Waals surface area contributed by atoms with Gasteiger partial charge in [-0.3, -0.25) is 24.9 Å². The molecule has 1 heterocycles. The van der Waals surface area contributed by atoms with Crippen molar-refractivity contribution in [2.24, 2.45) is 12.1 Å². The van der Waals surface area contributed by atoms with Gasteiger partial charge in [0.05, 0.1) is 22.2 Å². The number of nitro benzene ring substituents is 1. The van der Waals surface area contributed by atoms with Gasteiger partial charge in [0, 0.05) is 35.6 Å². The van der Waals surface area contributed by atoms with Crippen molar-refractivity contribution in [1.82, 2.24) is 9.78 Å². The molecule has 0 bridgehead atoms. The first-order valence-electron chi connectivity index (χ1n) is 8.09. The summed E-state index contributed by atoms with van der Waals surface area (Å²) in [5.41, 5.74) is 3.12. The van der Waals surface area contributed by atoms with Gasteiger partial charge >= 0.3 is 0 Å². The van der Waals surface area contributed by atoms with Gasteiger partial charge in [-0.15, -0.1) is 0 Å². The third kappa shape index (κ3) is 5.09. The van der Waals surface area contributed by atoms with Crippen molar-refractivity contribution < 1.29 is 13.3 Å². The van der Waals surface area contributed by atoms with Crippen LogP contribution in [0.4, 0.5) is 17.1 Å². The van der Waals surface area contributed by atoms with Gasteiger partial charge in [0.15, 0.2) is 0 Å². The number of halogens is 1. The van der Waals surface area contributed by atoms with Gasteiger partial charge in [0.1, 0.15) is 5.69 Å². The van der Waals surface area contributed by atoms with Crippen LogP contribution in [-0.2, 0) is 17.1 Å². The molecule has 0 atom stereocenters. The smallest absolute Gasteiger partial charge is 0.280 e. The summed E-state index contributed by atoms with van der Waals surface area (Å²) in [6.45, 7) is 0. The van der Waals surface area contributed by atoms with Gasteiger partial charge in [-0.2, -0.15) is 10.2 Å². The molecule has 0 saturated heterocycles. The molecule has 2 N–H and O–H groups in total. The zero-order valence-electron chi connectivity index (χ0n) is 15.0. The van der Waals surface area contributed by atoms with Crippen LogP contribution in [0, 0.1) is 10.1 Å². The number of nitrogens with zero attached hydrogens (tertiary/aromatic N) is 4. The van der Waals surface area contributed by atoms with Crippen molar-refractivity contribution in [3.8, 4) is 0 Å². The van der Waals surface area contributed by atoms with E-state index >= 15 is 0 Å². The van der Waals surface area contributed by atoms with E-state index in [1.165, 1.54) is 42.6 Å². The lowest BCUT2D eigenvalue weighted by atomic mass is 10.3. The minimum Gasteiger partial charge on any atom is -0.280 e. The van der Waals surface area contributed by atoms with E-state index in [4.69, 9.17) is 11.6 Å². The van der Waals surface area contributed by atoms with E-state index in [1.54, 1.807) is 24.1 Å². The minimum atomic E-state index is -4.03. The molecule has 3 rings (SSSR count). The molecular formula is C17H15ClN6O4S. The normalized spacial score (nSPS) is 11.5. The minimum absolute atomic E-state index is 0.0422. The van der Waals surface area contributed by atoms with Gasteiger partial charge in [0.2, 0.25) is 0 Å². The zero-order chi connectivity index (χ0) is 21.0. The predicted octanol–water partition coefficient (Wildman–Crippen LogP) is 3.23. The van der Waals surface area contributed by atoms with Gasteiger partial charge in [0.25, 0.3) is 15.7 Å². The Bertz CT molecular complexity index is 1170. The van der Waals surface area contributed by atoms with Gasteiger partial charge in [-0.25, -0.2) is 8.42 Å². The lowest BCUT2D eigenvalue weighted by molar-refractivity contribution is -0.384. The van der Waals surface area contributed by atoms with Crippen LogP contribution >= 0.6 is 11.6 Å². The van der Waals surface area contributed by atoms with Crippen molar-refractivity contribution >= 4 is 44.9 Å². The molecule has 0 unspecified atom stereocenters. The molecule has 0 radical (unpaired) electrons. The van der Waals surface area contributed by atoms with Crippen LogP contribution in [0.5, 0.6) is 0 Å². The van der Waals surface area contributed by atoms with E-state index < -0.39 is 20.6 Å². The molecule has 0 spiro atoms. The molecule has 10 nitrogen and oxygen atoms in total. The highest BCUT2D eigenvalue weighted by Gasteiger charge is 2.21. The summed E-state index contributed by atoms with van der Waals surface area (Å²) in [5, 5.41) is 19.8. The Kier molecular flexibility index (Phi) is 5.80. The number of aromatic nitrogens is 2. The second kappa shape index (κ2) is 8.29. The summed E-state index contributed by atoms with van der Waals surface area (Å²) >= 11 is 5.78. The molecule has 0 amide bonds. The first-order chi connectivity index (χ1) is 13.7. The Balaban J connectivity index is 1.83. The number of hydrogen-bond acceptors (Lipinski definition) is 7. The fourth-order valence-electron chi connectivity index (χ4n) is 2.34. The highest BCUT2D eigenvalue weighted by Crippen LogP contribution is 2.28. The Morgan fingerprint density at radius 2 is 1.97 bits per heavy atom. The van der Waals surface area contributed by atoms with Crippen LogP contribution < -0.4 is 10.1 Å². The molecule has 0 fully saturated rings. The predicted molar refractivity (Wildman–Crippen MR) is 110 cm³/mol. The lowest BCUT2D eigenvalue weighted by Gasteiger charge is -2.09. The van der Waals surface area contributed by atoms with Crippen molar-refractivity contribution in [2.75, 3.05) is 10.1 Å². The van der Waals surface area contributed by atoms with E-state index in [2.05, 4.69) is 20.3 Å². The first kappa shape index (κ1) is 20.3. The standard InChI is InChI=1S/C17H15ClN6O4S/c1-23-11-12(10-20-23)9-19-21-16-7-6-15(8-17(16)24(25)26)29(27,28)22-14-4-2-13(18)3-5-14/h2-11,21-22H,1H3/b19-9+. The summed E-state index contributed by atoms with van der Waals surface area (Å²) in [5.74, 6) is 0. The van der Waals surface area contributed by atoms with Crippen LogP contribution in [0.15, 0.2) is 64.9 Å². The summed E-state index contributed by atoms with van der Waals surface area (Å²) in [6.07, 6.45) is 4.71. The quantitative estimate of drug-likeness (QED) is 0.333. The number of hydrogen-bond donors (Lipinski definition) is 2. The summed E-state index contributed by atoms with van der Waals surface area (Å²) in [4.78, 5) is 10.4. The highest BCUT2D eigenvalue weighted by atomic mass is 35.5. The number of rotatable bonds is 7. The summed E-state index contributed by atoms with van der Waals surface area (Å²) in [7, 11) is -2.29. The SMILES string of the molecule is Cn1cc(/C=N/Nc2ccc(S(=O)(=O)Nc3ccc(Cl)cc3)cc2[N+](=O)[O-])cn1. The average molecular weight is 435 g/mol. The van der Waals surface area contributed by atoms with E-state index in [-0.39, 0.29) is 16.3 Å². The van der Waals surface area contributed by atoms with Crippen molar-refractivity contribution in [3.05, 3.63) is 75.6 Å². The van der Waals surface area contributed by atoms with Crippen molar-refractivity contribution in [2.45, 2.75) is 4.90 Å². The molecule has 150 valence electrons. The number of benzene rings is 2. The second-order valence-electron chi connectivity index (χ2n) is 5.87. The molecule has 0 aliphatic heterocycles. The van der Waals surface area contributed by atoms with Crippen molar-refractivity contribution in [1.29, 1.82) is 0 Å². The Hall–Kier alpha value is -3.44. The topological polar surface area (TPSA) is 132 Å². The second-order valence-corrected chi connectivity index (χ2v) is 7.98. The van der Waals surface area contributed by atoms with Crippen LogP contribution in [0.3, 0.4) is 0 Å². The van der Waals surface area contributed by atoms with Gasteiger partial charge in [-0.1, -0.05) is 11.6 Å². The highest BCUT2D eigenvalue weighted by molar-refractivity contribution is 7.92. The van der Waals surface area contributed by atoms with Crippen LogP contribution in [0.2, 0.25) is 5.02 Å². The number of nitrogens with one attached hydrogen (secondary N) is 2. The van der Waals surface area contributed by atoms with Gasteiger partial charge in [-0.05, 0) is 36.4 Å². The Morgan fingerprint density at radius 3 is 2.59 bits per heavy atom. The van der Waals surface area contributed by atoms with E-state index in [9.17, 15) is 18.5 Å². The zero-order valence-corrected chi connectivity index (χ0v) is 16.6. The van der Waals surface area contributed by atoms with E-state index in [1.807, 2.05) is 0 Å². The average Bonchev–Trinajstić information content (AvgIpc) is 3.08. The molecule has 0 saturated carbocycles. The third-order valence-electron chi connectivity index (χ3n) is 3.70. The van der Waals surface area contributed by atoms with E-state index in [0.29, 0.717) is 10.6 Å². The fourth-order valence-corrected chi connectivity index (χ4v) is 3.54. The molecule has 3 aromatic rings. The molecule has 29 heavy (non-hydrogen) atoms. The molecule has 1 aromatic heterocycles. The Labute approximate surface area is 171 Å². The number of hydrazone groups is 1. The van der Waals surface area contributed by atoms with Gasteiger partial charge < -0.3 is 0 Å². The molecule has 2 aromatic carbocycles. The largest absolute Gasteiger partial charge is 0.295 e. The molecule has 0 aliphatic carbocycles. The van der Waals surface area contributed by atoms with Crippen LogP contribution in [0.25, 0.3) is 0 Å². The first-order valence-corrected chi connectivity index (χ1v) is 9.95. The summed E-state index contributed by atoms with van der Waals surface area (Å²) < 4.78 is 29.0. The number of anilines is 2. The maximum atomic E-state index is 12.5. The number of nitro groups is 1. The van der Waals surface area contributed by atoms with Crippen LogP contribution in [-0.4, -0.2) is 29.3 Å². The maximum absolute atomic E-state index is 12.5. The lowest BCUT2D eigenvalue weighted by Crippen LogP contribution is -2.13. The van der Waals surface area contributed by atoms with Crippen LogP contribution in [0.1, 0.15) is 5.56 Å². The molecular weight excluding hydrogens is 420 g/mol. The number of aryl methyl sites for hydroxylation is 1. The van der Waals surface area contributed by atoms with E-state index in [0.717, 1.165) is 6.07 Å². The summed E-state index contributed by atoms with van der Waals surface area (Å²) in [6, 6.07) is 9.49. The Morgan fingerprint density at radius 1 is 1.24 bits per heavy atom. The molecule has 0 aliphatic rings. The monoisotopic (exact) mass is 434 g/mol. The fraction of sp³-hybridized carbons (Fsp3) is 0.0588.